The molecule has 0 bridgehead atoms. The fourth-order valence-electron chi connectivity index (χ4n) is 16.6. The van der Waals surface area contributed by atoms with Gasteiger partial charge in [-0.2, -0.15) is 0 Å². The minimum Gasteiger partial charge on any atom is -0.423 e. The molecule has 4 nitrogen and oxygen atoms in total. The van der Waals surface area contributed by atoms with Crippen molar-refractivity contribution in [2.24, 2.45) is 0 Å². The SMILES string of the molecule is Brc1ccc2c(ccc3cc(-c4ccc(-c5cccc6ccccc56)cc4)ccc32)c1.Brc1ccc2c(ccc3cc(Br)ccc32)c1.OB(O)c1ccc(-c2cccc3ccccc23)cc1.OB(O)c1cccc2ccccc12.c1ccc2c(-c3ccc(-c4ccc5c(ccc6cc(-c7cccc8ccccc78)ccc65)c4)cc3)cccc2c1. The van der Waals surface area contributed by atoms with Gasteiger partial charge in [-0.25, -0.2) is 0 Å². The third kappa shape index (κ3) is 16.6. The predicted molar refractivity (Wildman–Crippen MR) is 520 cm³/mol. The van der Waals surface area contributed by atoms with Gasteiger partial charge in [0.2, 0.25) is 0 Å². The van der Waals surface area contributed by atoms with E-state index in [0.29, 0.717) is 10.9 Å². The number of hydrogen-bond donors (Lipinski definition) is 4. The van der Waals surface area contributed by atoms with Crippen LogP contribution in [0.3, 0.4) is 0 Å². The zero-order chi connectivity index (χ0) is 80.9. The highest BCUT2D eigenvalue weighted by molar-refractivity contribution is 9.11. The van der Waals surface area contributed by atoms with Gasteiger partial charge in [0.15, 0.2) is 0 Å². The molecule has 22 aromatic carbocycles. The van der Waals surface area contributed by atoms with Gasteiger partial charge < -0.3 is 20.1 Å². The van der Waals surface area contributed by atoms with E-state index in [1.807, 2.05) is 66.7 Å². The van der Waals surface area contributed by atoms with Crippen LogP contribution in [0.15, 0.2) is 444 Å². The smallest absolute Gasteiger partial charge is 0.423 e. The summed E-state index contributed by atoms with van der Waals surface area (Å²) in [5, 5.41) is 63.7. The average molecular weight is 1720 g/mol. The van der Waals surface area contributed by atoms with Crippen molar-refractivity contribution in [3.63, 3.8) is 0 Å². The van der Waals surface area contributed by atoms with Crippen LogP contribution in [0, 0.1) is 0 Å². The van der Waals surface area contributed by atoms with Crippen LogP contribution in [-0.2, 0) is 0 Å². The van der Waals surface area contributed by atoms with Crippen LogP contribution in [-0.4, -0.2) is 34.3 Å². The highest BCUT2D eigenvalue weighted by atomic mass is 79.9. The van der Waals surface area contributed by atoms with E-state index < -0.39 is 14.2 Å². The Hall–Kier alpha value is -12.9. The fraction of sp³-hybridized carbons (Fsp3) is 0. The van der Waals surface area contributed by atoms with Crippen molar-refractivity contribution in [3.05, 3.63) is 444 Å². The first-order valence-corrected chi connectivity index (χ1v) is 42.0. The molecular formula is C110H75B2Br3O4. The first-order valence-electron chi connectivity index (χ1n) is 39.7. The Balaban J connectivity index is 0.000000109. The number of fused-ring (bicyclic) bond motifs is 14. The van der Waals surface area contributed by atoms with E-state index in [9.17, 15) is 0 Å². The summed E-state index contributed by atoms with van der Waals surface area (Å²) in [6.07, 6.45) is 0. The van der Waals surface area contributed by atoms with E-state index in [4.69, 9.17) is 20.1 Å². The molecule has 0 aliphatic carbocycles. The van der Waals surface area contributed by atoms with Gasteiger partial charge in [0, 0.05) is 13.4 Å². The second kappa shape index (κ2) is 34.7. The number of benzene rings is 22. The van der Waals surface area contributed by atoms with Crippen LogP contribution in [0.4, 0.5) is 0 Å². The Labute approximate surface area is 716 Å². The lowest BCUT2D eigenvalue weighted by atomic mass is 9.77. The van der Waals surface area contributed by atoms with E-state index in [1.165, 1.54) is 163 Å². The molecule has 0 atom stereocenters. The van der Waals surface area contributed by atoms with Crippen molar-refractivity contribution in [2.45, 2.75) is 0 Å². The molecule has 9 heteroatoms. The first kappa shape index (κ1) is 77.3. The molecule has 0 aliphatic rings. The molecule has 0 spiro atoms. The number of hydrogen-bond acceptors (Lipinski definition) is 4. The van der Waals surface area contributed by atoms with Crippen LogP contribution < -0.4 is 10.9 Å². The predicted octanol–water partition coefficient (Wildman–Crippen LogP) is 28.8. The number of rotatable bonds is 8. The lowest BCUT2D eigenvalue weighted by molar-refractivity contribution is 0.424. The van der Waals surface area contributed by atoms with E-state index >= 15 is 0 Å². The van der Waals surface area contributed by atoms with Crippen molar-refractivity contribution >= 4 is 191 Å². The summed E-state index contributed by atoms with van der Waals surface area (Å²) in [5.74, 6) is 0. The van der Waals surface area contributed by atoms with Crippen LogP contribution in [0.2, 0.25) is 0 Å². The summed E-state index contributed by atoms with van der Waals surface area (Å²) in [6.45, 7) is 0. The number of halogens is 3. The maximum absolute atomic E-state index is 9.11. The fourth-order valence-corrected chi connectivity index (χ4v) is 17.7. The Bertz CT molecular complexity index is 7460. The molecule has 0 heterocycles. The van der Waals surface area contributed by atoms with E-state index in [-0.39, 0.29) is 0 Å². The molecule has 22 aromatic rings. The van der Waals surface area contributed by atoms with Crippen molar-refractivity contribution in [2.75, 3.05) is 0 Å². The molecule has 0 radical (unpaired) electrons. The molecular weight excluding hydrogens is 1650 g/mol. The van der Waals surface area contributed by atoms with Crippen LogP contribution in [0.25, 0.3) is 185 Å². The third-order valence-corrected chi connectivity index (χ3v) is 24.0. The topological polar surface area (TPSA) is 80.9 Å². The molecule has 4 N–H and O–H groups in total. The first-order chi connectivity index (χ1) is 58.4. The van der Waals surface area contributed by atoms with Crippen molar-refractivity contribution < 1.29 is 20.1 Å². The van der Waals surface area contributed by atoms with Gasteiger partial charge >= 0.3 is 14.2 Å². The summed E-state index contributed by atoms with van der Waals surface area (Å²) in [7, 11) is -2.81. The Morgan fingerprint density at radius 2 is 0.387 bits per heavy atom. The van der Waals surface area contributed by atoms with Crippen molar-refractivity contribution in [3.8, 4) is 66.8 Å². The third-order valence-electron chi connectivity index (χ3n) is 22.5. The minimum absolute atomic E-state index is 0.504. The van der Waals surface area contributed by atoms with Crippen molar-refractivity contribution in [1.82, 2.24) is 0 Å². The summed E-state index contributed by atoms with van der Waals surface area (Å²) in [6, 6.07) is 151. The second-order valence-electron chi connectivity index (χ2n) is 29.8. The standard InChI is InChI=1S/C40H26.C30H19Br.C16H13BO2.C14H8Br2.C10H9BO2/c1-3-11-35-28(7-1)9-5-13-37(35)30-17-15-27(16-18-30)31-21-23-39-32(25-31)19-20-33-26-34(22-24-40(33)39)38-14-6-10-29-8-2-4-12-36(29)38;31-26-15-17-30-25(19-26)13-12-24-18-23(14-16-29(24)30)20-8-10-22(11-9-20)28-7-3-5-21-4-1-2-6-27(21)28;18-17(19)14-10-8-13(9-11-14)16-7-3-5-12-4-1-2-6-15(12)16;15-11-3-5-13-9(7-11)1-2-10-8-12(16)4-6-14(10)13;12-11(13)10-7-3-5-8-4-1-2-6-9(8)10/h1-26H;1-19H;1-11,18-19H;1-8H;1-7,12-13H. The molecule has 0 amide bonds. The monoisotopic (exact) mass is 1720 g/mol. The molecule has 22 rings (SSSR count). The summed E-state index contributed by atoms with van der Waals surface area (Å²) in [4.78, 5) is 0. The maximum Gasteiger partial charge on any atom is 0.489 e. The van der Waals surface area contributed by atoms with E-state index in [0.717, 1.165) is 35.3 Å². The molecule has 0 aliphatic heterocycles. The van der Waals surface area contributed by atoms with E-state index in [1.54, 1.807) is 18.2 Å². The largest absolute Gasteiger partial charge is 0.489 e. The van der Waals surface area contributed by atoms with Gasteiger partial charge in [-0.3, -0.25) is 0 Å². The van der Waals surface area contributed by atoms with Gasteiger partial charge in [0.1, 0.15) is 0 Å². The van der Waals surface area contributed by atoms with Gasteiger partial charge in [-0.1, -0.05) is 424 Å². The normalized spacial score (nSPS) is 11.2. The molecule has 0 saturated heterocycles. The van der Waals surface area contributed by atoms with Crippen LogP contribution >= 0.6 is 47.8 Å². The summed E-state index contributed by atoms with van der Waals surface area (Å²) in [5.41, 5.74) is 15.8. The lowest BCUT2D eigenvalue weighted by Crippen LogP contribution is -2.30. The highest BCUT2D eigenvalue weighted by Gasteiger charge is 2.16. The average Bonchev–Trinajstić information content (AvgIpc) is 0.770. The molecule has 0 fully saturated rings. The Morgan fingerprint density at radius 1 is 0.151 bits per heavy atom. The second-order valence-corrected chi connectivity index (χ2v) is 32.5. The van der Waals surface area contributed by atoms with Crippen molar-refractivity contribution in [1.29, 1.82) is 0 Å². The van der Waals surface area contributed by atoms with Crippen LogP contribution in [0.1, 0.15) is 0 Å². The molecule has 119 heavy (non-hydrogen) atoms. The molecule has 0 saturated carbocycles. The van der Waals surface area contributed by atoms with E-state index in [2.05, 4.69) is 394 Å². The molecule has 0 unspecified atom stereocenters. The Kier molecular flexibility index (Phi) is 22.6. The molecule has 0 aromatic heterocycles. The summed E-state index contributed by atoms with van der Waals surface area (Å²) < 4.78 is 3.36. The minimum atomic E-state index is -1.42. The Morgan fingerprint density at radius 3 is 0.714 bits per heavy atom. The highest BCUT2D eigenvalue weighted by Crippen LogP contribution is 2.40. The van der Waals surface area contributed by atoms with Gasteiger partial charge in [0.25, 0.3) is 0 Å². The van der Waals surface area contributed by atoms with Crippen LogP contribution in [0.5, 0.6) is 0 Å². The lowest BCUT2D eigenvalue weighted by Gasteiger charge is -2.11. The van der Waals surface area contributed by atoms with Gasteiger partial charge in [-0.05, 0) is 251 Å². The zero-order valence-corrected chi connectivity index (χ0v) is 69.3. The summed E-state index contributed by atoms with van der Waals surface area (Å²) >= 11 is 10.6. The van der Waals surface area contributed by atoms with Gasteiger partial charge in [0.05, 0.1) is 0 Å². The zero-order valence-electron chi connectivity index (χ0n) is 64.6. The van der Waals surface area contributed by atoms with Gasteiger partial charge in [-0.15, -0.1) is 0 Å². The maximum atomic E-state index is 9.11. The quantitative estimate of drug-likeness (QED) is 0.0903. The molecule has 566 valence electrons.